The fraction of sp³-hybridized carbons (Fsp3) is 0.286. The number of benzene rings is 1. The summed E-state index contributed by atoms with van der Waals surface area (Å²) in [5.74, 6) is -0.0197. The molecule has 0 spiro atoms. The lowest BCUT2D eigenvalue weighted by Gasteiger charge is -2.11. The monoisotopic (exact) mass is 384 g/mol. The lowest BCUT2D eigenvalue weighted by atomic mass is 10.1. The fourth-order valence-electron chi connectivity index (χ4n) is 1.87. The van der Waals surface area contributed by atoms with Gasteiger partial charge >= 0.3 is 0 Å². The van der Waals surface area contributed by atoms with Crippen molar-refractivity contribution < 1.29 is 4.79 Å². The molecule has 0 fully saturated rings. The molecule has 0 bridgehead atoms. The van der Waals surface area contributed by atoms with Crippen molar-refractivity contribution in [2.75, 3.05) is 0 Å². The van der Waals surface area contributed by atoms with Crippen molar-refractivity contribution in [1.82, 2.24) is 9.78 Å². The Labute approximate surface area is 129 Å². The predicted octanol–water partition coefficient (Wildman–Crippen LogP) is 4.53. The van der Waals surface area contributed by atoms with E-state index in [1.807, 2.05) is 39.0 Å². The zero-order chi connectivity index (χ0) is 14.2. The van der Waals surface area contributed by atoms with E-state index in [0.29, 0.717) is 11.3 Å². The van der Waals surface area contributed by atoms with Crippen LogP contribution in [0.15, 0.2) is 33.3 Å². The van der Waals surface area contributed by atoms with Crippen LogP contribution in [-0.4, -0.2) is 15.6 Å². The highest BCUT2D eigenvalue weighted by Crippen LogP contribution is 2.24. The number of aryl methyl sites for hydroxylation is 1. The summed E-state index contributed by atoms with van der Waals surface area (Å²) in [6.45, 7) is 5.97. The van der Waals surface area contributed by atoms with Gasteiger partial charge in [-0.25, -0.2) is 0 Å². The number of halogens is 2. The van der Waals surface area contributed by atoms with Crippen molar-refractivity contribution in [3.05, 3.63) is 50.2 Å². The second kappa shape index (κ2) is 5.59. The molecule has 5 heteroatoms. The van der Waals surface area contributed by atoms with Crippen LogP contribution in [-0.2, 0) is 0 Å². The van der Waals surface area contributed by atoms with Crippen LogP contribution in [0.4, 0.5) is 0 Å². The zero-order valence-corrected chi connectivity index (χ0v) is 14.1. The normalized spacial score (nSPS) is 11.1. The highest BCUT2D eigenvalue weighted by molar-refractivity contribution is 9.10. The Morgan fingerprint density at radius 3 is 2.53 bits per heavy atom. The summed E-state index contributed by atoms with van der Waals surface area (Å²) in [4.78, 5) is 12.6. The Balaban J connectivity index is 2.49. The molecule has 0 amide bonds. The Morgan fingerprint density at radius 1 is 1.26 bits per heavy atom. The molecule has 0 aliphatic rings. The number of hydrogen-bond acceptors (Lipinski definition) is 2. The first kappa shape index (κ1) is 14.5. The fourth-order valence-corrected chi connectivity index (χ4v) is 2.57. The Kier molecular flexibility index (Phi) is 4.26. The van der Waals surface area contributed by atoms with Crippen LogP contribution in [0.2, 0.25) is 0 Å². The number of hydrogen-bond donors (Lipinski definition) is 0. The average Bonchev–Trinajstić information content (AvgIpc) is 2.74. The summed E-state index contributed by atoms with van der Waals surface area (Å²) >= 11 is 6.84. The maximum absolute atomic E-state index is 12.6. The van der Waals surface area contributed by atoms with Crippen LogP contribution in [0.5, 0.6) is 0 Å². The molecule has 1 heterocycles. The van der Waals surface area contributed by atoms with E-state index in [9.17, 15) is 4.79 Å². The highest BCUT2D eigenvalue weighted by Gasteiger charge is 2.20. The van der Waals surface area contributed by atoms with E-state index in [4.69, 9.17) is 0 Å². The van der Waals surface area contributed by atoms with Gasteiger partial charge in [-0.3, -0.25) is 9.48 Å². The van der Waals surface area contributed by atoms with Gasteiger partial charge in [0.1, 0.15) is 5.69 Å². The standard InChI is InChI=1S/C14H14Br2N2O/c1-8(2)18-13(12(16)7-17-18)14(19)10-4-5-11(15)9(3)6-10/h4-8H,1-3H3. The van der Waals surface area contributed by atoms with E-state index in [0.717, 1.165) is 14.5 Å². The van der Waals surface area contributed by atoms with Gasteiger partial charge in [-0.05, 0) is 60.5 Å². The van der Waals surface area contributed by atoms with Crippen molar-refractivity contribution in [3.63, 3.8) is 0 Å². The van der Waals surface area contributed by atoms with E-state index in [1.165, 1.54) is 0 Å². The molecule has 0 aliphatic heterocycles. The average molecular weight is 386 g/mol. The molecule has 0 saturated carbocycles. The summed E-state index contributed by atoms with van der Waals surface area (Å²) in [6, 6.07) is 5.74. The molecule has 0 saturated heterocycles. The molecule has 3 nitrogen and oxygen atoms in total. The minimum atomic E-state index is -0.0197. The molecule has 100 valence electrons. The van der Waals surface area contributed by atoms with Gasteiger partial charge < -0.3 is 0 Å². The third kappa shape index (κ3) is 2.82. The number of aromatic nitrogens is 2. The number of carbonyl (C=O) groups is 1. The molecule has 0 radical (unpaired) electrons. The van der Waals surface area contributed by atoms with Gasteiger partial charge in [0.05, 0.1) is 10.7 Å². The first-order valence-electron chi connectivity index (χ1n) is 5.95. The molecular formula is C14H14Br2N2O. The van der Waals surface area contributed by atoms with Gasteiger partial charge in [0, 0.05) is 16.1 Å². The van der Waals surface area contributed by atoms with Gasteiger partial charge in [-0.2, -0.15) is 5.10 Å². The van der Waals surface area contributed by atoms with E-state index < -0.39 is 0 Å². The minimum absolute atomic E-state index is 0.0197. The van der Waals surface area contributed by atoms with Crippen molar-refractivity contribution >= 4 is 37.6 Å². The number of rotatable bonds is 3. The summed E-state index contributed by atoms with van der Waals surface area (Å²) in [5.41, 5.74) is 2.30. The van der Waals surface area contributed by atoms with Crippen LogP contribution < -0.4 is 0 Å². The predicted molar refractivity (Wildman–Crippen MR) is 82.6 cm³/mol. The molecule has 2 aromatic rings. The largest absolute Gasteiger partial charge is 0.287 e. The topological polar surface area (TPSA) is 34.9 Å². The lowest BCUT2D eigenvalue weighted by molar-refractivity contribution is 0.102. The molecule has 0 aliphatic carbocycles. The zero-order valence-electron chi connectivity index (χ0n) is 10.9. The molecule has 0 atom stereocenters. The van der Waals surface area contributed by atoms with Crippen molar-refractivity contribution in [3.8, 4) is 0 Å². The van der Waals surface area contributed by atoms with Crippen molar-refractivity contribution in [2.24, 2.45) is 0 Å². The van der Waals surface area contributed by atoms with E-state index >= 15 is 0 Å². The van der Waals surface area contributed by atoms with E-state index in [-0.39, 0.29) is 11.8 Å². The third-order valence-electron chi connectivity index (χ3n) is 2.88. The molecule has 19 heavy (non-hydrogen) atoms. The van der Waals surface area contributed by atoms with Crippen molar-refractivity contribution in [1.29, 1.82) is 0 Å². The quantitative estimate of drug-likeness (QED) is 0.727. The minimum Gasteiger partial charge on any atom is -0.287 e. The molecule has 1 aromatic heterocycles. The van der Waals surface area contributed by atoms with E-state index in [2.05, 4.69) is 37.0 Å². The summed E-state index contributed by atoms with van der Waals surface area (Å²) < 4.78 is 3.47. The van der Waals surface area contributed by atoms with Crippen LogP contribution in [0.25, 0.3) is 0 Å². The Morgan fingerprint density at radius 2 is 1.95 bits per heavy atom. The van der Waals surface area contributed by atoms with Crippen LogP contribution in [0.1, 0.15) is 41.5 Å². The number of nitrogens with zero attached hydrogens (tertiary/aromatic N) is 2. The van der Waals surface area contributed by atoms with Gasteiger partial charge in [-0.15, -0.1) is 0 Å². The van der Waals surface area contributed by atoms with Crippen LogP contribution >= 0.6 is 31.9 Å². The second-order valence-electron chi connectivity index (χ2n) is 4.67. The Bertz CT molecular complexity index is 632. The first-order valence-corrected chi connectivity index (χ1v) is 7.54. The van der Waals surface area contributed by atoms with Gasteiger partial charge in [0.2, 0.25) is 5.78 Å². The number of ketones is 1. The van der Waals surface area contributed by atoms with Gasteiger partial charge in [-0.1, -0.05) is 15.9 Å². The second-order valence-corrected chi connectivity index (χ2v) is 6.38. The maximum atomic E-state index is 12.6. The highest BCUT2D eigenvalue weighted by atomic mass is 79.9. The van der Waals surface area contributed by atoms with Crippen molar-refractivity contribution in [2.45, 2.75) is 26.8 Å². The Hall–Kier alpha value is -0.940. The smallest absolute Gasteiger partial charge is 0.212 e. The molecule has 2 rings (SSSR count). The molecular weight excluding hydrogens is 372 g/mol. The SMILES string of the molecule is Cc1cc(C(=O)c2c(Br)cnn2C(C)C)ccc1Br. The number of carbonyl (C=O) groups excluding carboxylic acids is 1. The van der Waals surface area contributed by atoms with E-state index in [1.54, 1.807) is 10.9 Å². The molecule has 1 aromatic carbocycles. The van der Waals surface area contributed by atoms with Gasteiger partial charge in [0.15, 0.2) is 0 Å². The summed E-state index contributed by atoms with van der Waals surface area (Å²) in [6.07, 6.45) is 1.67. The summed E-state index contributed by atoms with van der Waals surface area (Å²) in [5, 5.41) is 4.24. The maximum Gasteiger partial charge on any atom is 0.212 e. The van der Waals surface area contributed by atoms with Crippen LogP contribution in [0, 0.1) is 6.92 Å². The van der Waals surface area contributed by atoms with Gasteiger partial charge in [0.25, 0.3) is 0 Å². The third-order valence-corrected chi connectivity index (χ3v) is 4.35. The lowest BCUT2D eigenvalue weighted by Crippen LogP contribution is -2.14. The summed E-state index contributed by atoms with van der Waals surface area (Å²) in [7, 11) is 0. The molecule has 0 N–H and O–H groups in total. The van der Waals surface area contributed by atoms with Crippen LogP contribution in [0.3, 0.4) is 0 Å². The molecule has 0 unspecified atom stereocenters. The first-order chi connectivity index (χ1) is 8.91.